The van der Waals surface area contributed by atoms with Crippen LogP contribution < -0.4 is 0 Å². The van der Waals surface area contributed by atoms with E-state index in [2.05, 4.69) is 6.07 Å². The summed E-state index contributed by atoms with van der Waals surface area (Å²) in [6.07, 6.45) is 0.539. The molecule has 0 amide bonds. The van der Waals surface area contributed by atoms with E-state index in [0.717, 1.165) is 10.6 Å². The Labute approximate surface area is 94.3 Å². The van der Waals surface area contributed by atoms with Crippen LogP contribution in [0.5, 0.6) is 0 Å². The Bertz CT molecular complexity index is 345. The van der Waals surface area contributed by atoms with Gasteiger partial charge in [-0.25, -0.2) is 4.39 Å². The number of rotatable bonds is 4. The Morgan fingerprint density at radius 2 is 1.93 bits per heavy atom. The van der Waals surface area contributed by atoms with Crippen LogP contribution in [0.2, 0.25) is 0 Å². The van der Waals surface area contributed by atoms with Gasteiger partial charge in [0.05, 0.1) is 11.6 Å². The first kappa shape index (κ1) is 12.1. The minimum absolute atomic E-state index is 0.539. The largest absolute Gasteiger partial charge is 0.244 e. The number of halogens is 1. The van der Waals surface area contributed by atoms with Crippen molar-refractivity contribution in [1.29, 1.82) is 5.26 Å². The van der Waals surface area contributed by atoms with E-state index in [1.54, 1.807) is 37.7 Å². The molecule has 80 valence electrons. The maximum atomic E-state index is 13.2. The average Bonchev–Trinajstić information content (AvgIpc) is 2.17. The molecule has 1 nitrogen and oxygen atoms in total. The molecule has 0 fully saturated rings. The highest BCUT2D eigenvalue weighted by Gasteiger charge is 2.14. The summed E-state index contributed by atoms with van der Waals surface area (Å²) >= 11 is 1.62. The molecular formula is C12H14FNS. The smallest absolute Gasteiger partial charge is 0.106 e. The van der Waals surface area contributed by atoms with Crippen molar-refractivity contribution in [2.24, 2.45) is 0 Å². The van der Waals surface area contributed by atoms with Crippen molar-refractivity contribution >= 4 is 11.8 Å². The molecule has 0 atom stereocenters. The second kappa shape index (κ2) is 5.18. The van der Waals surface area contributed by atoms with Gasteiger partial charge in [-0.05, 0) is 44.5 Å². The van der Waals surface area contributed by atoms with E-state index in [4.69, 9.17) is 5.26 Å². The third-order valence-corrected chi connectivity index (χ3v) is 2.96. The number of nitriles is 1. The molecule has 0 aliphatic rings. The predicted octanol–water partition coefficient (Wildman–Crippen LogP) is 3.79. The highest BCUT2D eigenvalue weighted by molar-refractivity contribution is 7.99. The second-order valence-corrected chi connectivity index (χ2v) is 5.12. The highest BCUT2D eigenvalue weighted by Crippen LogP contribution is 2.23. The lowest BCUT2D eigenvalue weighted by Crippen LogP contribution is -2.12. The summed E-state index contributed by atoms with van der Waals surface area (Å²) in [7, 11) is 0. The molecule has 1 aromatic rings. The average molecular weight is 223 g/mol. The van der Waals surface area contributed by atoms with Crippen molar-refractivity contribution in [2.45, 2.75) is 30.8 Å². The maximum absolute atomic E-state index is 13.2. The number of alkyl halides is 1. The van der Waals surface area contributed by atoms with Gasteiger partial charge in [0.15, 0.2) is 0 Å². The number of thioether (sulfide) groups is 1. The van der Waals surface area contributed by atoms with Gasteiger partial charge in [0.1, 0.15) is 5.67 Å². The molecule has 1 aromatic carbocycles. The first-order chi connectivity index (χ1) is 7.01. The van der Waals surface area contributed by atoms with Gasteiger partial charge >= 0.3 is 0 Å². The zero-order chi connectivity index (χ0) is 11.3. The van der Waals surface area contributed by atoms with Crippen LogP contribution in [0.3, 0.4) is 0 Å². The van der Waals surface area contributed by atoms with Gasteiger partial charge in [-0.2, -0.15) is 5.26 Å². The molecule has 0 spiro atoms. The van der Waals surface area contributed by atoms with E-state index in [1.165, 1.54) is 0 Å². The summed E-state index contributed by atoms with van der Waals surface area (Å²) < 4.78 is 13.2. The van der Waals surface area contributed by atoms with Gasteiger partial charge < -0.3 is 0 Å². The van der Waals surface area contributed by atoms with Crippen molar-refractivity contribution in [3.63, 3.8) is 0 Å². The summed E-state index contributed by atoms with van der Waals surface area (Å²) in [6.45, 7) is 3.18. The van der Waals surface area contributed by atoms with Crippen molar-refractivity contribution in [3.8, 4) is 6.07 Å². The summed E-state index contributed by atoms with van der Waals surface area (Å²) in [5, 5.41) is 8.60. The molecule has 0 saturated heterocycles. The van der Waals surface area contributed by atoms with Gasteiger partial charge in [-0.1, -0.05) is 0 Å². The van der Waals surface area contributed by atoms with Crippen LogP contribution in [0, 0.1) is 11.3 Å². The zero-order valence-corrected chi connectivity index (χ0v) is 9.77. The van der Waals surface area contributed by atoms with Crippen LogP contribution in [0.15, 0.2) is 29.2 Å². The van der Waals surface area contributed by atoms with Gasteiger partial charge in [0.2, 0.25) is 0 Å². The molecule has 3 heteroatoms. The Balaban J connectivity index is 2.42. The number of benzene rings is 1. The summed E-state index contributed by atoms with van der Waals surface area (Å²) in [6, 6.07) is 9.42. The monoisotopic (exact) mass is 223 g/mol. The molecule has 1 rings (SSSR count). The van der Waals surface area contributed by atoms with Gasteiger partial charge in [-0.15, -0.1) is 11.8 Å². The van der Waals surface area contributed by atoms with Crippen LogP contribution in [-0.2, 0) is 0 Å². The van der Waals surface area contributed by atoms with Gasteiger partial charge in [0.25, 0.3) is 0 Å². The zero-order valence-electron chi connectivity index (χ0n) is 8.96. The summed E-state index contributed by atoms with van der Waals surface area (Å²) in [4.78, 5) is 1.08. The highest BCUT2D eigenvalue weighted by atomic mass is 32.2. The molecule has 0 N–H and O–H groups in total. The van der Waals surface area contributed by atoms with Crippen LogP contribution >= 0.6 is 11.8 Å². The lowest BCUT2D eigenvalue weighted by Gasteiger charge is -2.12. The van der Waals surface area contributed by atoms with E-state index >= 15 is 0 Å². The Hall–Kier alpha value is -1.01. The first-order valence-electron chi connectivity index (χ1n) is 4.83. The van der Waals surface area contributed by atoms with E-state index < -0.39 is 5.67 Å². The predicted molar refractivity (Wildman–Crippen MR) is 61.7 cm³/mol. The minimum Gasteiger partial charge on any atom is -0.244 e. The van der Waals surface area contributed by atoms with Crippen molar-refractivity contribution < 1.29 is 4.39 Å². The normalized spacial score (nSPS) is 11.1. The third-order valence-electron chi connectivity index (χ3n) is 1.95. The number of nitrogens with zero attached hydrogens (tertiary/aromatic N) is 1. The van der Waals surface area contributed by atoms with Crippen molar-refractivity contribution in [1.82, 2.24) is 0 Å². The molecule has 0 aliphatic heterocycles. The molecule has 0 radical (unpaired) electrons. The molecule has 0 aromatic heterocycles. The first-order valence-corrected chi connectivity index (χ1v) is 5.82. The molecule has 0 aliphatic carbocycles. The molecule has 15 heavy (non-hydrogen) atoms. The quantitative estimate of drug-likeness (QED) is 0.725. The lowest BCUT2D eigenvalue weighted by atomic mass is 10.1. The maximum Gasteiger partial charge on any atom is 0.106 e. The van der Waals surface area contributed by atoms with Gasteiger partial charge in [-0.3, -0.25) is 0 Å². The van der Waals surface area contributed by atoms with E-state index in [0.29, 0.717) is 12.0 Å². The fraction of sp³-hybridized carbons (Fsp3) is 0.417. The minimum atomic E-state index is -1.10. The SMILES string of the molecule is CC(C)(F)CCSc1ccc(C#N)cc1. The standard InChI is InChI=1S/C12H14FNS/c1-12(2,13)7-8-15-11-5-3-10(9-14)4-6-11/h3-6H,7-8H2,1-2H3. The Morgan fingerprint density at radius 1 is 1.33 bits per heavy atom. The van der Waals surface area contributed by atoms with Crippen LogP contribution in [0.1, 0.15) is 25.8 Å². The summed E-state index contributed by atoms with van der Waals surface area (Å²) in [5.74, 6) is 0.759. The lowest BCUT2D eigenvalue weighted by molar-refractivity contribution is 0.212. The third kappa shape index (κ3) is 4.85. The molecular weight excluding hydrogens is 209 g/mol. The molecule has 0 saturated carbocycles. The Kier molecular flexibility index (Phi) is 4.16. The molecule has 0 unspecified atom stereocenters. The van der Waals surface area contributed by atoms with Crippen molar-refractivity contribution in [2.75, 3.05) is 5.75 Å². The summed E-state index contributed by atoms with van der Waals surface area (Å²) in [5.41, 5.74) is -0.440. The van der Waals surface area contributed by atoms with Gasteiger partial charge in [0, 0.05) is 10.6 Å². The fourth-order valence-electron chi connectivity index (χ4n) is 1.04. The van der Waals surface area contributed by atoms with E-state index in [9.17, 15) is 4.39 Å². The second-order valence-electron chi connectivity index (χ2n) is 3.95. The number of hydrogen-bond acceptors (Lipinski definition) is 2. The molecule has 0 heterocycles. The van der Waals surface area contributed by atoms with Crippen LogP contribution in [-0.4, -0.2) is 11.4 Å². The van der Waals surface area contributed by atoms with E-state index in [-0.39, 0.29) is 0 Å². The number of hydrogen-bond donors (Lipinski definition) is 0. The van der Waals surface area contributed by atoms with Crippen LogP contribution in [0.25, 0.3) is 0 Å². The van der Waals surface area contributed by atoms with Crippen molar-refractivity contribution in [3.05, 3.63) is 29.8 Å². The fourth-order valence-corrected chi connectivity index (χ4v) is 2.19. The Morgan fingerprint density at radius 3 is 2.40 bits per heavy atom. The molecule has 0 bridgehead atoms. The van der Waals surface area contributed by atoms with E-state index in [1.807, 2.05) is 12.1 Å². The topological polar surface area (TPSA) is 23.8 Å². The van der Waals surface area contributed by atoms with Crippen LogP contribution in [0.4, 0.5) is 4.39 Å².